The summed E-state index contributed by atoms with van der Waals surface area (Å²) in [6.07, 6.45) is 5.30. The molecule has 0 radical (unpaired) electrons. The van der Waals surface area contributed by atoms with Gasteiger partial charge in [-0.3, -0.25) is 0 Å². The van der Waals surface area contributed by atoms with E-state index in [-0.39, 0.29) is 0 Å². The summed E-state index contributed by atoms with van der Waals surface area (Å²) >= 11 is 0. The normalized spacial score (nSPS) is 24.5. The number of hydrogen-bond acceptors (Lipinski definition) is 3. The second-order valence-corrected chi connectivity index (χ2v) is 3.71. The SMILES string of the molecule is CN1CCOC(CCCCC=O)C1. The van der Waals surface area contributed by atoms with Gasteiger partial charge in [0.25, 0.3) is 0 Å². The molecule has 1 fully saturated rings. The van der Waals surface area contributed by atoms with E-state index in [0.717, 1.165) is 45.2 Å². The van der Waals surface area contributed by atoms with Crippen molar-refractivity contribution in [1.82, 2.24) is 4.90 Å². The van der Waals surface area contributed by atoms with E-state index in [4.69, 9.17) is 4.74 Å². The van der Waals surface area contributed by atoms with E-state index in [2.05, 4.69) is 11.9 Å². The van der Waals surface area contributed by atoms with E-state index in [1.807, 2.05) is 0 Å². The number of carbonyl (C=O) groups is 1. The van der Waals surface area contributed by atoms with Crippen molar-refractivity contribution in [2.24, 2.45) is 0 Å². The maximum absolute atomic E-state index is 10.1. The van der Waals surface area contributed by atoms with Crippen molar-refractivity contribution in [1.29, 1.82) is 0 Å². The van der Waals surface area contributed by atoms with E-state index >= 15 is 0 Å². The molecule has 1 rings (SSSR count). The number of carbonyl (C=O) groups excluding carboxylic acids is 1. The van der Waals surface area contributed by atoms with Crippen LogP contribution in [0.3, 0.4) is 0 Å². The predicted molar refractivity (Wildman–Crippen MR) is 51.8 cm³/mol. The highest BCUT2D eigenvalue weighted by Gasteiger charge is 2.16. The zero-order valence-electron chi connectivity index (χ0n) is 8.37. The van der Waals surface area contributed by atoms with E-state index < -0.39 is 0 Å². The molecule has 3 nitrogen and oxygen atoms in total. The van der Waals surface area contributed by atoms with Gasteiger partial charge >= 0.3 is 0 Å². The van der Waals surface area contributed by atoms with Gasteiger partial charge in [-0.1, -0.05) is 6.42 Å². The van der Waals surface area contributed by atoms with Crippen LogP contribution in [0.1, 0.15) is 25.7 Å². The Labute approximate surface area is 80.1 Å². The minimum atomic E-state index is 0.394. The van der Waals surface area contributed by atoms with Crippen molar-refractivity contribution >= 4 is 6.29 Å². The average Bonchev–Trinajstić information content (AvgIpc) is 2.13. The Morgan fingerprint density at radius 1 is 1.54 bits per heavy atom. The Kier molecular flexibility index (Phi) is 5.01. The summed E-state index contributed by atoms with van der Waals surface area (Å²) < 4.78 is 5.60. The van der Waals surface area contributed by atoms with E-state index in [9.17, 15) is 4.79 Å². The summed E-state index contributed by atoms with van der Waals surface area (Å²) in [6, 6.07) is 0. The molecule has 13 heavy (non-hydrogen) atoms. The van der Waals surface area contributed by atoms with Crippen molar-refractivity contribution in [2.75, 3.05) is 26.7 Å². The molecule has 0 aliphatic carbocycles. The molecule has 0 bridgehead atoms. The van der Waals surface area contributed by atoms with Gasteiger partial charge in [-0.25, -0.2) is 0 Å². The van der Waals surface area contributed by atoms with Gasteiger partial charge in [0.1, 0.15) is 6.29 Å². The van der Waals surface area contributed by atoms with Crippen LogP contribution in [0.5, 0.6) is 0 Å². The van der Waals surface area contributed by atoms with Crippen LogP contribution in [0.25, 0.3) is 0 Å². The maximum atomic E-state index is 10.1. The molecule has 0 saturated carbocycles. The fourth-order valence-corrected chi connectivity index (χ4v) is 1.64. The average molecular weight is 185 g/mol. The standard InChI is InChI=1S/C10H19NO2/c1-11-6-8-13-10(9-11)5-3-2-4-7-12/h7,10H,2-6,8-9H2,1H3. The van der Waals surface area contributed by atoms with Gasteiger partial charge in [-0.15, -0.1) is 0 Å². The maximum Gasteiger partial charge on any atom is 0.119 e. The van der Waals surface area contributed by atoms with Gasteiger partial charge in [-0.05, 0) is 19.9 Å². The highest BCUT2D eigenvalue weighted by atomic mass is 16.5. The molecule has 1 saturated heterocycles. The topological polar surface area (TPSA) is 29.5 Å². The molecule has 1 unspecified atom stereocenters. The molecular weight excluding hydrogens is 166 g/mol. The van der Waals surface area contributed by atoms with E-state index in [1.165, 1.54) is 0 Å². The van der Waals surface area contributed by atoms with Crippen LogP contribution in [-0.2, 0) is 9.53 Å². The number of nitrogens with zero attached hydrogens (tertiary/aromatic N) is 1. The fourth-order valence-electron chi connectivity index (χ4n) is 1.64. The Balaban J connectivity index is 2.03. The fraction of sp³-hybridized carbons (Fsp3) is 0.900. The van der Waals surface area contributed by atoms with Gasteiger partial charge < -0.3 is 14.4 Å². The van der Waals surface area contributed by atoms with E-state index in [0.29, 0.717) is 12.5 Å². The zero-order chi connectivity index (χ0) is 9.52. The first-order valence-corrected chi connectivity index (χ1v) is 5.06. The van der Waals surface area contributed by atoms with Crippen LogP contribution >= 0.6 is 0 Å². The predicted octanol–water partition coefficient (Wildman–Crippen LogP) is 1.08. The molecule has 3 heteroatoms. The van der Waals surface area contributed by atoms with E-state index in [1.54, 1.807) is 0 Å². The van der Waals surface area contributed by atoms with Crippen molar-refractivity contribution in [3.8, 4) is 0 Å². The van der Waals surface area contributed by atoms with Gasteiger partial charge in [0.2, 0.25) is 0 Å². The summed E-state index contributed by atoms with van der Waals surface area (Å²) in [5.74, 6) is 0. The largest absolute Gasteiger partial charge is 0.376 e. The lowest BCUT2D eigenvalue weighted by Crippen LogP contribution is -2.39. The minimum absolute atomic E-state index is 0.394. The van der Waals surface area contributed by atoms with Crippen LogP contribution in [0.2, 0.25) is 0 Å². The number of ether oxygens (including phenoxy) is 1. The van der Waals surface area contributed by atoms with Crippen molar-refractivity contribution in [2.45, 2.75) is 31.8 Å². The highest BCUT2D eigenvalue weighted by Crippen LogP contribution is 2.10. The lowest BCUT2D eigenvalue weighted by molar-refractivity contribution is -0.108. The van der Waals surface area contributed by atoms with Crippen LogP contribution in [0.4, 0.5) is 0 Å². The summed E-state index contributed by atoms with van der Waals surface area (Å²) in [5, 5.41) is 0. The second-order valence-electron chi connectivity index (χ2n) is 3.71. The molecule has 0 amide bonds. The first-order valence-electron chi connectivity index (χ1n) is 5.06. The van der Waals surface area contributed by atoms with Crippen LogP contribution in [0.15, 0.2) is 0 Å². The number of aldehydes is 1. The molecule has 1 aliphatic rings. The summed E-state index contributed by atoms with van der Waals surface area (Å²) in [5.41, 5.74) is 0. The van der Waals surface area contributed by atoms with Gasteiger partial charge in [0.05, 0.1) is 12.7 Å². The summed E-state index contributed by atoms with van der Waals surface area (Å²) in [6.45, 7) is 2.95. The molecular formula is C10H19NO2. The van der Waals surface area contributed by atoms with Crippen molar-refractivity contribution in [3.63, 3.8) is 0 Å². The molecule has 1 atom stereocenters. The molecule has 76 valence electrons. The molecule has 0 aromatic rings. The van der Waals surface area contributed by atoms with Crippen LogP contribution < -0.4 is 0 Å². The van der Waals surface area contributed by atoms with Gasteiger partial charge in [0, 0.05) is 19.5 Å². The number of hydrogen-bond donors (Lipinski definition) is 0. The number of rotatable bonds is 5. The molecule has 0 aromatic carbocycles. The smallest absolute Gasteiger partial charge is 0.119 e. The number of unbranched alkanes of at least 4 members (excludes halogenated alkanes) is 2. The highest BCUT2D eigenvalue weighted by molar-refractivity contribution is 5.48. The van der Waals surface area contributed by atoms with Gasteiger partial charge in [-0.2, -0.15) is 0 Å². The summed E-state index contributed by atoms with van der Waals surface area (Å²) in [7, 11) is 2.13. The third-order valence-corrected chi connectivity index (χ3v) is 2.44. The van der Waals surface area contributed by atoms with Crippen LogP contribution in [-0.4, -0.2) is 44.0 Å². The number of morpholine rings is 1. The molecule has 1 heterocycles. The third-order valence-electron chi connectivity index (χ3n) is 2.44. The Hall–Kier alpha value is -0.410. The first kappa shape index (κ1) is 10.7. The first-order chi connectivity index (χ1) is 6.33. The Bertz CT molecular complexity index is 150. The lowest BCUT2D eigenvalue weighted by Gasteiger charge is -2.29. The van der Waals surface area contributed by atoms with Gasteiger partial charge in [0.15, 0.2) is 0 Å². The van der Waals surface area contributed by atoms with Crippen LogP contribution in [0, 0.1) is 0 Å². The second kappa shape index (κ2) is 6.11. The van der Waals surface area contributed by atoms with Crippen molar-refractivity contribution in [3.05, 3.63) is 0 Å². The lowest BCUT2D eigenvalue weighted by atomic mass is 10.1. The monoisotopic (exact) mass is 185 g/mol. The molecule has 0 N–H and O–H groups in total. The Morgan fingerprint density at radius 3 is 3.08 bits per heavy atom. The number of likely N-dealkylation sites (N-methyl/N-ethyl adjacent to an activating group) is 1. The molecule has 0 aromatic heterocycles. The molecule has 0 spiro atoms. The van der Waals surface area contributed by atoms with Crippen molar-refractivity contribution < 1.29 is 9.53 Å². The Morgan fingerprint density at radius 2 is 2.38 bits per heavy atom. The summed E-state index contributed by atoms with van der Waals surface area (Å²) in [4.78, 5) is 12.4. The quantitative estimate of drug-likeness (QED) is 0.474. The third kappa shape index (κ3) is 4.39. The zero-order valence-corrected chi connectivity index (χ0v) is 8.37. The minimum Gasteiger partial charge on any atom is -0.376 e. The molecule has 1 aliphatic heterocycles.